The van der Waals surface area contributed by atoms with E-state index in [0.29, 0.717) is 0 Å². The van der Waals surface area contributed by atoms with Gasteiger partial charge in [-0.3, -0.25) is 4.57 Å². The van der Waals surface area contributed by atoms with Gasteiger partial charge in [0.25, 0.3) is 7.82 Å². The van der Waals surface area contributed by atoms with Crippen molar-refractivity contribution in [1.29, 1.82) is 0 Å². The molecule has 0 aromatic heterocycles. The molecule has 1 atom stereocenters. The van der Waals surface area contributed by atoms with Crippen LogP contribution in [0.15, 0.2) is 0 Å². The molecule has 0 radical (unpaired) electrons. The van der Waals surface area contributed by atoms with Crippen LogP contribution in [0.5, 0.6) is 0 Å². The quantitative estimate of drug-likeness (QED) is 0.512. The summed E-state index contributed by atoms with van der Waals surface area (Å²) in [6.07, 6.45) is 2.32. The van der Waals surface area contributed by atoms with E-state index < -0.39 is 23.6 Å². The molecular formula is C5H13O8PS-2. The van der Waals surface area contributed by atoms with Gasteiger partial charge < -0.3 is 24.2 Å². The van der Waals surface area contributed by atoms with Gasteiger partial charge in [0, 0.05) is 25.6 Å². The topological polar surface area (TPSA) is 144 Å². The van der Waals surface area contributed by atoms with Crippen LogP contribution in [0.4, 0.5) is 0 Å². The molecule has 0 aromatic rings. The highest BCUT2D eigenvalue weighted by Crippen LogP contribution is 2.27. The first-order chi connectivity index (χ1) is 6.29. The Morgan fingerprint density at radius 3 is 1.47 bits per heavy atom. The number of hydrogen-bond donors (Lipinski definition) is 1. The lowest BCUT2D eigenvalue weighted by Gasteiger charge is -2.09. The van der Waals surface area contributed by atoms with Gasteiger partial charge in [-0.15, -0.1) is 0 Å². The Morgan fingerprint density at radius 2 is 1.47 bits per heavy atom. The van der Waals surface area contributed by atoms with Crippen molar-refractivity contribution >= 4 is 23.6 Å². The van der Waals surface area contributed by atoms with Crippen molar-refractivity contribution in [2.75, 3.05) is 19.6 Å². The van der Waals surface area contributed by atoms with Crippen molar-refractivity contribution < 1.29 is 37.2 Å². The molecule has 8 nitrogen and oxygen atoms in total. The highest BCUT2D eigenvalue weighted by atomic mass is 32.2. The van der Waals surface area contributed by atoms with E-state index in [9.17, 15) is 17.9 Å². The molecule has 0 aromatic carbocycles. The molecule has 0 bridgehead atoms. The van der Waals surface area contributed by atoms with Crippen molar-refractivity contribution in [1.82, 2.24) is 0 Å². The SMILES string of the molecule is CC(=O)[O-].COP(=O)([O-])O.CS(C)(=O)=O. The number of rotatable bonds is 1. The molecule has 94 valence electrons. The van der Waals surface area contributed by atoms with Gasteiger partial charge in [0.05, 0.1) is 0 Å². The van der Waals surface area contributed by atoms with E-state index in [2.05, 4.69) is 4.52 Å². The molecular weight excluding hydrogens is 251 g/mol. The summed E-state index contributed by atoms with van der Waals surface area (Å²) in [7, 11) is -6.18. The number of hydrogen-bond acceptors (Lipinski definition) is 7. The van der Waals surface area contributed by atoms with Gasteiger partial charge in [-0.2, -0.15) is 0 Å². The maximum atomic E-state index is 9.63. The first-order valence-electron chi connectivity index (χ1n) is 3.21. The van der Waals surface area contributed by atoms with Crippen LogP contribution in [0.25, 0.3) is 0 Å². The van der Waals surface area contributed by atoms with Gasteiger partial charge in [0.15, 0.2) is 0 Å². The lowest BCUT2D eigenvalue weighted by Crippen LogP contribution is -2.16. The molecule has 15 heavy (non-hydrogen) atoms. The van der Waals surface area contributed by atoms with E-state index in [-0.39, 0.29) is 0 Å². The zero-order valence-electron chi connectivity index (χ0n) is 8.66. The minimum Gasteiger partial charge on any atom is -0.756 e. The third-order valence-electron chi connectivity index (χ3n) is 0.231. The van der Waals surface area contributed by atoms with Crippen molar-refractivity contribution in [3.8, 4) is 0 Å². The molecule has 10 heteroatoms. The van der Waals surface area contributed by atoms with Crippen LogP contribution < -0.4 is 10.00 Å². The standard InChI is InChI=1S/C2H6O2S.C2H4O2.CH5O4P/c1-5(2,3)4;1-2(3)4;1-5-6(2,3)4/h1-2H3;1H3,(H,3,4);1H3,(H2,2,3,4)/p-2. The zero-order valence-corrected chi connectivity index (χ0v) is 10.4. The van der Waals surface area contributed by atoms with Crippen LogP contribution in [0.3, 0.4) is 0 Å². The molecule has 0 spiro atoms. The Labute approximate surface area is 88.0 Å². The van der Waals surface area contributed by atoms with Crippen molar-refractivity contribution in [2.24, 2.45) is 0 Å². The summed E-state index contributed by atoms with van der Waals surface area (Å²) >= 11 is 0. The molecule has 0 heterocycles. The molecule has 0 amide bonds. The summed E-state index contributed by atoms with van der Waals surface area (Å²) in [4.78, 5) is 25.9. The summed E-state index contributed by atoms with van der Waals surface area (Å²) in [5, 5.41) is 8.89. The highest BCUT2D eigenvalue weighted by Gasteiger charge is 1.91. The molecule has 1 unspecified atom stereocenters. The number of sulfone groups is 1. The normalized spacial score (nSPS) is 13.5. The molecule has 0 saturated carbocycles. The Bertz CT molecular complexity index is 289. The van der Waals surface area contributed by atoms with Crippen LogP contribution in [-0.4, -0.2) is 38.9 Å². The monoisotopic (exact) mass is 264 g/mol. The van der Waals surface area contributed by atoms with E-state index in [1.807, 2.05) is 0 Å². The maximum Gasteiger partial charge on any atom is 0.264 e. The minimum atomic E-state index is -4.40. The average Bonchev–Trinajstić information content (AvgIpc) is 1.80. The van der Waals surface area contributed by atoms with Crippen LogP contribution in [0, 0.1) is 0 Å². The fourth-order valence-corrected chi connectivity index (χ4v) is 0. The third-order valence-corrected chi connectivity index (χ3v) is 0.692. The maximum absolute atomic E-state index is 9.63. The smallest absolute Gasteiger partial charge is 0.264 e. The number of phosphoric ester groups is 1. The Balaban J connectivity index is -0.000000147. The summed E-state index contributed by atoms with van der Waals surface area (Å²) in [5.74, 6) is -1.08. The number of carboxylic acids is 1. The Hall–Kier alpha value is -0.470. The molecule has 0 fully saturated rings. The van der Waals surface area contributed by atoms with E-state index in [1.54, 1.807) is 0 Å². The fraction of sp³-hybridized carbons (Fsp3) is 0.800. The lowest BCUT2D eigenvalue weighted by molar-refractivity contribution is -0.302. The molecule has 1 N–H and O–H groups in total. The number of phosphoric acid groups is 1. The van der Waals surface area contributed by atoms with E-state index in [4.69, 9.17) is 14.8 Å². The van der Waals surface area contributed by atoms with E-state index in [1.165, 1.54) is 0 Å². The number of aliphatic carboxylic acids is 1. The molecule has 0 aliphatic heterocycles. The van der Waals surface area contributed by atoms with Gasteiger partial charge >= 0.3 is 0 Å². The first kappa shape index (κ1) is 20.0. The number of carbonyl (C=O) groups is 1. The third kappa shape index (κ3) is 281. The van der Waals surface area contributed by atoms with E-state index >= 15 is 0 Å². The average molecular weight is 264 g/mol. The second kappa shape index (κ2) is 8.81. The van der Waals surface area contributed by atoms with Crippen LogP contribution in [-0.2, 0) is 23.7 Å². The van der Waals surface area contributed by atoms with Gasteiger partial charge in [0.2, 0.25) is 0 Å². The molecule has 0 aliphatic carbocycles. The van der Waals surface area contributed by atoms with Crippen LogP contribution >= 0.6 is 7.82 Å². The van der Waals surface area contributed by atoms with Gasteiger partial charge in [-0.25, -0.2) is 8.42 Å². The van der Waals surface area contributed by atoms with Crippen LogP contribution in [0.2, 0.25) is 0 Å². The Kier molecular flexibility index (Phi) is 11.7. The molecule has 0 rings (SSSR count). The van der Waals surface area contributed by atoms with Gasteiger partial charge in [-0.05, 0) is 6.92 Å². The summed E-state index contributed by atoms with van der Waals surface area (Å²) < 4.78 is 32.1. The highest BCUT2D eigenvalue weighted by molar-refractivity contribution is 7.89. The van der Waals surface area contributed by atoms with Crippen LogP contribution in [0.1, 0.15) is 6.92 Å². The predicted octanol–water partition coefficient (Wildman–Crippen LogP) is -2.49. The summed E-state index contributed by atoms with van der Waals surface area (Å²) in [6, 6.07) is 0. The lowest BCUT2D eigenvalue weighted by atomic mass is 10.9. The minimum absolute atomic E-state index is 0.883. The van der Waals surface area contributed by atoms with Crippen molar-refractivity contribution in [3.05, 3.63) is 0 Å². The van der Waals surface area contributed by atoms with Crippen molar-refractivity contribution in [2.45, 2.75) is 6.92 Å². The van der Waals surface area contributed by atoms with Gasteiger partial charge in [-0.1, -0.05) is 0 Å². The fourth-order valence-electron chi connectivity index (χ4n) is 0. The second-order valence-electron chi connectivity index (χ2n) is 2.29. The predicted molar refractivity (Wildman–Crippen MR) is 48.3 cm³/mol. The summed E-state index contributed by atoms with van der Waals surface area (Å²) in [6.45, 7) is 0.972. The second-order valence-corrected chi connectivity index (χ2v) is 5.87. The molecule has 0 aliphatic rings. The van der Waals surface area contributed by atoms with Crippen molar-refractivity contribution in [3.63, 3.8) is 0 Å². The Morgan fingerprint density at radius 1 is 1.40 bits per heavy atom. The largest absolute Gasteiger partial charge is 0.756 e. The van der Waals surface area contributed by atoms with E-state index in [0.717, 1.165) is 26.5 Å². The molecule has 0 saturated heterocycles. The number of carbonyl (C=O) groups excluding carboxylic acids is 1. The first-order valence-corrected chi connectivity index (χ1v) is 7.01. The summed E-state index contributed by atoms with van der Waals surface area (Å²) in [5.41, 5.74) is 0. The van der Waals surface area contributed by atoms with Gasteiger partial charge in [0.1, 0.15) is 9.84 Å². The zero-order chi connectivity index (χ0) is 13.3. The number of carboxylic acid groups (broad SMARTS) is 1.